The minimum absolute atomic E-state index is 0.0635. The van der Waals surface area contributed by atoms with Crippen LogP contribution in [-0.2, 0) is 0 Å². The van der Waals surface area contributed by atoms with Gasteiger partial charge in [0.15, 0.2) is 23.3 Å². The molecular weight excluding hydrogens is 781 g/mol. The van der Waals surface area contributed by atoms with Gasteiger partial charge in [0.1, 0.15) is 0 Å². The molecule has 6 heteroatoms. The number of hydrogen-bond donors (Lipinski definition) is 0. The second kappa shape index (κ2) is 15.4. The van der Waals surface area contributed by atoms with Crippen molar-refractivity contribution in [3.63, 3.8) is 0 Å². The fraction of sp³-hybridized carbons (Fsp3) is 0.0345. The molecule has 3 aliphatic rings. The molecule has 2 unspecified atom stereocenters. The summed E-state index contributed by atoms with van der Waals surface area (Å²) in [5, 5.41) is 9.43. The first-order valence-electron chi connectivity index (χ1n) is 21.4. The van der Waals surface area contributed by atoms with Gasteiger partial charge in [0.2, 0.25) is 0 Å². The molecule has 13 rings (SSSR count). The fourth-order valence-corrected chi connectivity index (χ4v) is 9.51. The van der Waals surface area contributed by atoms with Gasteiger partial charge in [0.25, 0.3) is 0 Å². The predicted molar refractivity (Wildman–Crippen MR) is 253 cm³/mol. The second-order valence-electron chi connectivity index (χ2n) is 16.3. The third kappa shape index (κ3) is 6.47. The lowest BCUT2D eigenvalue weighted by Crippen LogP contribution is -2.27. The molecule has 0 radical (unpaired) electrons. The van der Waals surface area contributed by atoms with E-state index in [-0.39, 0.29) is 11.8 Å². The molecule has 2 heterocycles. The summed E-state index contributed by atoms with van der Waals surface area (Å²) in [4.78, 5) is 25.2. The van der Waals surface area contributed by atoms with E-state index in [1.54, 1.807) is 0 Å². The molecule has 0 spiro atoms. The zero-order valence-corrected chi connectivity index (χ0v) is 34.5. The molecule has 0 amide bonds. The van der Waals surface area contributed by atoms with Crippen molar-refractivity contribution >= 4 is 0 Å². The van der Waals surface area contributed by atoms with Crippen molar-refractivity contribution in [1.82, 2.24) is 24.9 Å². The maximum absolute atomic E-state index is 9.43. The Morgan fingerprint density at radius 2 is 0.672 bits per heavy atom. The summed E-state index contributed by atoms with van der Waals surface area (Å²) in [6.07, 6.45) is 0. The molecule has 298 valence electrons. The quantitative estimate of drug-likeness (QED) is 0.159. The molecule has 0 N–H and O–H groups in total. The predicted octanol–water partition coefficient (Wildman–Crippen LogP) is 13.2. The summed E-state index contributed by atoms with van der Waals surface area (Å²) in [5.41, 5.74) is 18.2. The molecule has 0 saturated carbocycles. The lowest BCUT2D eigenvalue weighted by molar-refractivity contribution is 0.755. The molecule has 2 atom stereocenters. The summed E-state index contributed by atoms with van der Waals surface area (Å²) in [6.45, 7) is 0. The largest absolute Gasteiger partial charge is 0.228 e. The summed E-state index contributed by atoms with van der Waals surface area (Å²) >= 11 is 0. The highest BCUT2D eigenvalue weighted by atomic mass is 15.0. The lowest BCUT2D eigenvalue weighted by atomic mass is 9.60. The van der Waals surface area contributed by atoms with Crippen LogP contribution in [-0.4, -0.2) is 24.9 Å². The Morgan fingerprint density at radius 1 is 0.281 bits per heavy atom. The molecule has 2 aromatic heterocycles. The lowest BCUT2D eigenvalue weighted by Gasteiger charge is -2.42. The summed E-state index contributed by atoms with van der Waals surface area (Å²) in [7, 11) is 0. The van der Waals surface area contributed by atoms with E-state index in [4.69, 9.17) is 24.9 Å². The van der Waals surface area contributed by atoms with Crippen LogP contribution in [0.5, 0.6) is 0 Å². The maximum atomic E-state index is 9.43. The van der Waals surface area contributed by atoms with Gasteiger partial charge in [-0.15, -0.1) is 0 Å². The zero-order chi connectivity index (χ0) is 42.6. The minimum atomic E-state index is 0.0635. The van der Waals surface area contributed by atoms with Gasteiger partial charge in [-0.2, -0.15) is 5.26 Å². The van der Waals surface area contributed by atoms with Gasteiger partial charge >= 0.3 is 0 Å². The monoisotopic (exact) mass is 816 g/mol. The topological polar surface area (TPSA) is 88.2 Å². The van der Waals surface area contributed by atoms with Gasteiger partial charge in [-0.3, -0.25) is 0 Å². The third-order valence-electron chi connectivity index (χ3n) is 12.6. The fourth-order valence-electron chi connectivity index (χ4n) is 9.51. The number of nitriles is 1. The van der Waals surface area contributed by atoms with Crippen LogP contribution in [0.15, 0.2) is 206 Å². The molecule has 8 aromatic carbocycles. The van der Waals surface area contributed by atoms with Gasteiger partial charge in [0, 0.05) is 45.2 Å². The molecule has 0 saturated heterocycles. The van der Waals surface area contributed by atoms with Crippen LogP contribution in [0.4, 0.5) is 0 Å². The number of rotatable bonds is 7. The van der Waals surface area contributed by atoms with E-state index in [2.05, 4.69) is 91.0 Å². The van der Waals surface area contributed by atoms with Crippen molar-refractivity contribution in [2.75, 3.05) is 0 Å². The maximum Gasteiger partial charge on any atom is 0.164 e. The molecule has 0 fully saturated rings. The van der Waals surface area contributed by atoms with Crippen LogP contribution in [0.2, 0.25) is 0 Å². The van der Waals surface area contributed by atoms with Crippen LogP contribution in [0, 0.1) is 11.3 Å². The second-order valence-corrected chi connectivity index (χ2v) is 16.3. The molecule has 0 aliphatic heterocycles. The Morgan fingerprint density at radius 3 is 1.22 bits per heavy atom. The Kier molecular flexibility index (Phi) is 8.91. The highest BCUT2D eigenvalue weighted by Crippen LogP contribution is 2.56. The Bertz CT molecular complexity index is 3390. The minimum Gasteiger partial charge on any atom is -0.228 e. The smallest absolute Gasteiger partial charge is 0.164 e. The van der Waals surface area contributed by atoms with E-state index in [1.807, 2.05) is 121 Å². The van der Waals surface area contributed by atoms with Crippen LogP contribution < -0.4 is 0 Å². The normalized spacial score (nSPS) is 14.2. The van der Waals surface area contributed by atoms with Gasteiger partial charge in [-0.1, -0.05) is 170 Å². The van der Waals surface area contributed by atoms with E-state index >= 15 is 0 Å². The van der Waals surface area contributed by atoms with Crippen molar-refractivity contribution in [2.45, 2.75) is 11.8 Å². The summed E-state index contributed by atoms with van der Waals surface area (Å²) in [5.74, 6) is 2.75. The SMILES string of the molecule is N#Cc1ccc(-c2cc(-c3cccc(-c4ccc5c(c4)C4c6ccccc6C5c5cc(-c6nc(-c7ccccc7)nc(-c7ccccc7)n6)ccc54)c3)nc(-c3ccccc3)n2)cc1. The van der Waals surface area contributed by atoms with Crippen LogP contribution >= 0.6 is 0 Å². The van der Waals surface area contributed by atoms with E-state index in [0.717, 1.165) is 55.9 Å². The van der Waals surface area contributed by atoms with E-state index < -0.39 is 0 Å². The number of hydrogen-bond acceptors (Lipinski definition) is 6. The highest BCUT2D eigenvalue weighted by Gasteiger charge is 2.41. The highest BCUT2D eigenvalue weighted by molar-refractivity contribution is 5.79. The van der Waals surface area contributed by atoms with Gasteiger partial charge in [0.05, 0.1) is 23.0 Å². The average Bonchev–Trinajstić information content (AvgIpc) is 3.38. The van der Waals surface area contributed by atoms with Crippen molar-refractivity contribution in [1.29, 1.82) is 5.26 Å². The first-order chi connectivity index (χ1) is 31.6. The number of aromatic nitrogens is 5. The van der Waals surface area contributed by atoms with Crippen molar-refractivity contribution in [3.05, 3.63) is 245 Å². The average molecular weight is 817 g/mol. The molecule has 64 heavy (non-hydrogen) atoms. The Labute approximate surface area is 371 Å². The van der Waals surface area contributed by atoms with E-state index in [0.29, 0.717) is 28.9 Å². The Hall–Kier alpha value is -8.66. The van der Waals surface area contributed by atoms with Crippen LogP contribution in [0.3, 0.4) is 0 Å². The molecule has 10 aromatic rings. The van der Waals surface area contributed by atoms with E-state index in [1.165, 1.54) is 33.4 Å². The molecular formula is C58H36N6. The van der Waals surface area contributed by atoms with Gasteiger partial charge < -0.3 is 0 Å². The number of nitrogens with zero attached hydrogens (tertiary/aromatic N) is 6. The van der Waals surface area contributed by atoms with Crippen LogP contribution in [0.1, 0.15) is 50.8 Å². The van der Waals surface area contributed by atoms with Crippen molar-refractivity contribution < 1.29 is 0 Å². The van der Waals surface area contributed by atoms with E-state index in [9.17, 15) is 5.26 Å². The summed E-state index contributed by atoms with van der Waals surface area (Å²) < 4.78 is 0. The number of benzene rings is 8. The third-order valence-corrected chi connectivity index (χ3v) is 12.6. The molecule has 3 aliphatic carbocycles. The standard InChI is InChI=1S/C58H36N6/c59-35-36-23-25-37(26-24-36)51-34-52(61-55(60-51)38-13-4-1-5-14-38)43-20-12-19-41(31-43)42-27-29-47-49(32-42)53-45-21-10-11-22-46(45)54(47)50-33-44(28-30-48(50)53)58-63-56(39-15-6-2-7-16-39)62-57(64-58)40-17-8-3-9-18-40/h1-34,53-54H. The summed E-state index contributed by atoms with van der Waals surface area (Å²) in [6, 6.07) is 73.6. The molecule has 2 bridgehead atoms. The van der Waals surface area contributed by atoms with Crippen molar-refractivity contribution in [2.24, 2.45) is 0 Å². The van der Waals surface area contributed by atoms with Crippen LogP contribution in [0.25, 0.3) is 79.2 Å². The van der Waals surface area contributed by atoms with Gasteiger partial charge in [-0.05, 0) is 80.9 Å². The Balaban J connectivity index is 0.941. The zero-order valence-electron chi connectivity index (χ0n) is 34.5. The van der Waals surface area contributed by atoms with Gasteiger partial charge in [-0.25, -0.2) is 24.9 Å². The van der Waals surface area contributed by atoms with Crippen molar-refractivity contribution in [3.8, 4) is 85.3 Å². The molecule has 6 nitrogen and oxygen atoms in total. The first kappa shape index (κ1) is 37.1. The first-order valence-corrected chi connectivity index (χ1v) is 21.4.